The van der Waals surface area contributed by atoms with E-state index in [1.165, 1.54) is 12.7 Å². The summed E-state index contributed by atoms with van der Waals surface area (Å²) in [6, 6.07) is 16.7. The number of hydrogen-bond donors (Lipinski definition) is 2. The number of aryl methyl sites for hydroxylation is 1. The van der Waals surface area contributed by atoms with Gasteiger partial charge in [-0.15, -0.1) is 0 Å². The van der Waals surface area contributed by atoms with Crippen molar-refractivity contribution < 1.29 is 18.7 Å². The molecule has 2 amide bonds. The van der Waals surface area contributed by atoms with Crippen LogP contribution in [0.25, 0.3) is 0 Å². The van der Waals surface area contributed by atoms with Crippen molar-refractivity contribution in [3.05, 3.63) is 83.3 Å². The molecule has 2 heterocycles. The smallest absolute Gasteiger partial charge is 0.291 e. The van der Waals surface area contributed by atoms with Gasteiger partial charge < -0.3 is 19.8 Å². The molecular weight excluding hydrogens is 430 g/mol. The van der Waals surface area contributed by atoms with Crippen LogP contribution in [0.4, 0.5) is 5.69 Å². The molecule has 1 atom stereocenters. The van der Waals surface area contributed by atoms with Gasteiger partial charge in [0, 0.05) is 17.8 Å². The van der Waals surface area contributed by atoms with Crippen LogP contribution in [0.3, 0.4) is 0 Å². The molecule has 0 aliphatic carbocycles. The van der Waals surface area contributed by atoms with Gasteiger partial charge in [-0.2, -0.15) is 0 Å². The Labute approximate surface area is 200 Å². The third-order valence-electron chi connectivity index (χ3n) is 6.28. The summed E-state index contributed by atoms with van der Waals surface area (Å²) in [5, 5.41) is 5.94. The number of piperidine rings is 1. The van der Waals surface area contributed by atoms with Crippen molar-refractivity contribution >= 4 is 17.5 Å². The predicted molar refractivity (Wildman–Crippen MR) is 131 cm³/mol. The van der Waals surface area contributed by atoms with E-state index in [-0.39, 0.29) is 23.6 Å². The summed E-state index contributed by atoms with van der Waals surface area (Å²) >= 11 is 0. The maximum Gasteiger partial charge on any atom is 0.291 e. The summed E-state index contributed by atoms with van der Waals surface area (Å²) in [6.07, 6.45) is 5.02. The van der Waals surface area contributed by atoms with Gasteiger partial charge in [0.15, 0.2) is 5.76 Å². The lowest BCUT2D eigenvalue weighted by atomic mass is 10.0. The zero-order valence-electron chi connectivity index (χ0n) is 19.7. The van der Waals surface area contributed by atoms with Gasteiger partial charge in [0.2, 0.25) is 0 Å². The average molecular weight is 462 g/mol. The molecule has 2 N–H and O–H groups in total. The van der Waals surface area contributed by atoms with Crippen molar-refractivity contribution in [3.63, 3.8) is 0 Å². The average Bonchev–Trinajstić information content (AvgIpc) is 3.42. The van der Waals surface area contributed by atoms with Crippen molar-refractivity contribution in [1.82, 2.24) is 10.2 Å². The van der Waals surface area contributed by atoms with E-state index in [9.17, 15) is 9.59 Å². The number of carbonyl (C=O) groups excluding carboxylic acids is 2. The number of ether oxygens (including phenoxy) is 1. The van der Waals surface area contributed by atoms with Crippen LogP contribution in [-0.2, 0) is 0 Å². The number of carbonyl (C=O) groups is 2. The lowest BCUT2D eigenvalue weighted by molar-refractivity contribution is 0.0923. The zero-order chi connectivity index (χ0) is 23.9. The van der Waals surface area contributed by atoms with Gasteiger partial charge in [-0.25, -0.2) is 0 Å². The van der Waals surface area contributed by atoms with Gasteiger partial charge in [-0.1, -0.05) is 24.6 Å². The first-order valence-corrected chi connectivity index (χ1v) is 11.7. The van der Waals surface area contributed by atoms with Crippen molar-refractivity contribution in [3.8, 4) is 5.75 Å². The fourth-order valence-corrected chi connectivity index (χ4v) is 4.29. The van der Waals surface area contributed by atoms with Crippen LogP contribution < -0.4 is 15.4 Å². The monoisotopic (exact) mass is 461 g/mol. The molecule has 3 aromatic rings. The standard InChI is InChI=1S/C27H31N3O4/c1-19-8-9-21(17-23(19)29-27(32)25-7-6-16-34-25)26(31)28-18-24(30-14-4-3-5-15-30)20-10-12-22(33-2)13-11-20/h6-13,16-17,24H,3-5,14-15,18H2,1-2H3,(H,28,31)(H,29,32)/t24-/m1/s1. The maximum absolute atomic E-state index is 13.1. The van der Waals surface area contributed by atoms with E-state index < -0.39 is 0 Å². The molecule has 1 fully saturated rings. The number of nitrogens with zero attached hydrogens (tertiary/aromatic N) is 1. The second-order valence-corrected chi connectivity index (χ2v) is 8.56. The molecule has 1 saturated heterocycles. The van der Waals surface area contributed by atoms with Crippen LogP contribution in [0, 0.1) is 6.92 Å². The highest BCUT2D eigenvalue weighted by Crippen LogP contribution is 2.26. The van der Waals surface area contributed by atoms with Crippen LogP contribution in [0.15, 0.2) is 65.3 Å². The van der Waals surface area contributed by atoms with Crippen LogP contribution in [0.2, 0.25) is 0 Å². The molecule has 2 aromatic carbocycles. The second-order valence-electron chi connectivity index (χ2n) is 8.56. The lowest BCUT2D eigenvalue weighted by Gasteiger charge is -2.35. The zero-order valence-corrected chi connectivity index (χ0v) is 19.7. The molecule has 0 unspecified atom stereocenters. The number of benzene rings is 2. The minimum Gasteiger partial charge on any atom is -0.497 e. The molecule has 1 aliphatic rings. The third kappa shape index (κ3) is 5.66. The lowest BCUT2D eigenvalue weighted by Crippen LogP contribution is -2.40. The first-order valence-electron chi connectivity index (χ1n) is 11.7. The highest BCUT2D eigenvalue weighted by Gasteiger charge is 2.23. The Morgan fingerprint density at radius 1 is 1.03 bits per heavy atom. The van der Waals surface area contributed by atoms with Crippen LogP contribution in [0.1, 0.15) is 57.3 Å². The molecule has 7 heteroatoms. The van der Waals surface area contributed by atoms with Crippen molar-refractivity contribution in [2.24, 2.45) is 0 Å². The summed E-state index contributed by atoms with van der Waals surface area (Å²) in [6.45, 7) is 4.41. The van der Waals surface area contributed by atoms with Crippen molar-refractivity contribution in [2.45, 2.75) is 32.2 Å². The summed E-state index contributed by atoms with van der Waals surface area (Å²) in [5.74, 6) is 0.506. The van der Waals surface area contributed by atoms with Crippen molar-refractivity contribution in [2.75, 3.05) is 32.1 Å². The molecule has 0 spiro atoms. The summed E-state index contributed by atoms with van der Waals surface area (Å²) in [7, 11) is 1.66. The minimum atomic E-state index is -0.352. The van der Waals surface area contributed by atoms with Gasteiger partial charge in [-0.05, 0) is 80.4 Å². The fourth-order valence-electron chi connectivity index (χ4n) is 4.29. The first-order chi connectivity index (χ1) is 16.5. The van der Waals surface area contributed by atoms with E-state index in [1.54, 1.807) is 31.4 Å². The normalized spacial score (nSPS) is 14.9. The number of anilines is 1. The molecule has 7 nitrogen and oxygen atoms in total. The SMILES string of the molecule is COc1ccc([C@@H](CNC(=O)c2ccc(C)c(NC(=O)c3ccco3)c2)N2CCCCC2)cc1. The van der Waals surface area contributed by atoms with Gasteiger partial charge in [0.25, 0.3) is 11.8 Å². The number of likely N-dealkylation sites (tertiary alicyclic amines) is 1. The van der Waals surface area contributed by atoms with Crippen LogP contribution in [-0.4, -0.2) is 43.5 Å². The van der Waals surface area contributed by atoms with E-state index in [1.807, 2.05) is 25.1 Å². The Hall–Kier alpha value is -3.58. The summed E-state index contributed by atoms with van der Waals surface area (Å²) in [4.78, 5) is 27.9. The largest absolute Gasteiger partial charge is 0.497 e. The van der Waals surface area contributed by atoms with Gasteiger partial charge >= 0.3 is 0 Å². The Kier molecular flexibility index (Phi) is 7.65. The van der Waals surface area contributed by atoms with Gasteiger partial charge in [0.1, 0.15) is 5.75 Å². The van der Waals surface area contributed by atoms with E-state index >= 15 is 0 Å². The Bertz CT molecular complexity index is 1100. The molecule has 1 aliphatic heterocycles. The minimum absolute atomic E-state index is 0.0822. The number of nitrogens with one attached hydrogen (secondary N) is 2. The molecular formula is C27H31N3O4. The maximum atomic E-state index is 13.1. The Morgan fingerprint density at radius 3 is 2.47 bits per heavy atom. The van der Waals surface area contributed by atoms with Gasteiger partial charge in [-0.3, -0.25) is 14.5 Å². The third-order valence-corrected chi connectivity index (χ3v) is 6.28. The number of furan rings is 1. The van der Waals surface area contributed by atoms with Gasteiger partial charge in [0.05, 0.1) is 19.4 Å². The molecule has 0 saturated carbocycles. The number of rotatable bonds is 8. The van der Waals surface area contributed by atoms with Crippen molar-refractivity contribution in [1.29, 1.82) is 0 Å². The quantitative estimate of drug-likeness (QED) is 0.503. The Morgan fingerprint density at radius 2 is 1.79 bits per heavy atom. The molecule has 0 bridgehead atoms. The molecule has 4 rings (SSSR count). The first kappa shape index (κ1) is 23.6. The molecule has 0 radical (unpaired) electrons. The molecule has 34 heavy (non-hydrogen) atoms. The highest BCUT2D eigenvalue weighted by atomic mass is 16.5. The second kappa shape index (κ2) is 11.0. The molecule has 178 valence electrons. The van der Waals surface area contributed by atoms with E-state index in [4.69, 9.17) is 9.15 Å². The number of amides is 2. The topological polar surface area (TPSA) is 83.8 Å². The highest BCUT2D eigenvalue weighted by molar-refractivity contribution is 6.03. The fraction of sp³-hybridized carbons (Fsp3) is 0.333. The molecule has 1 aromatic heterocycles. The van der Waals surface area contributed by atoms with E-state index in [2.05, 4.69) is 27.7 Å². The Balaban J connectivity index is 1.47. The van der Waals surface area contributed by atoms with E-state index in [0.717, 1.165) is 42.8 Å². The van der Waals surface area contributed by atoms with E-state index in [0.29, 0.717) is 17.8 Å². The predicted octanol–water partition coefficient (Wildman–Crippen LogP) is 4.81. The number of methoxy groups -OCH3 is 1. The summed E-state index contributed by atoms with van der Waals surface area (Å²) in [5.41, 5.74) is 3.09. The van der Waals surface area contributed by atoms with Crippen LogP contribution >= 0.6 is 0 Å². The van der Waals surface area contributed by atoms with Crippen LogP contribution in [0.5, 0.6) is 5.75 Å². The summed E-state index contributed by atoms with van der Waals surface area (Å²) < 4.78 is 10.5. The number of hydrogen-bond acceptors (Lipinski definition) is 5.